The molecule has 1 unspecified atom stereocenters. The molecule has 0 aromatic rings. The Morgan fingerprint density at radius 3 is 2.58 bits per heavy atom. The second-order valence-corrected chi connectivity index (χ2v) is 6.56. The van der Waals surface area contributed by atoms with Crippen LogP contribution in [0, 0.1) is 11.3 Å². The normalized spacial score (nSPS) is 29.6. The summed E-state index contributed by atoms with van der Waals surface area (Å²) in [7, 11) is 0. The first-order chi connectivity index (χ1) is 9.27. The third kappa shape index (κ3) is 2.52. The van der Waals surface area contributed by atoms with Crippen LogP contribution in [0.3, 0.4) is 0 Å². The van der Waals surface area contributed by atoms with E-state index < -0.39 is 0 Å². The van der Waals surface area contributed by atoms with Crippen LogP contribution in [0.25, 0.3) is 0 Å². The first-order valence-corrected chi connectivity index (χ1v) is 7.89. The van der Waals surface area contributed by atoms with Crippen LogP contribution >= 0.6 is 0 Å². The molecule has 4 heteroatoms. The molecule has 19 heavy (non-hydrogen) atoms. The van der Waals surface area contributed by atoms with Gasteiger partial charge in [-0.3, -0.25) is 4.79 Å². The number of piperidine rings is 1. The number of carbonyl (C=O) groups is 1. The zero-order valence-corrected chi connectivity index (χ0v) is 11.7. The molecule has 1 aliphatic heterocycles. The molecule has 3 rings (SSSR count). The van der Waals surface area contributed by atoms with Gasteiger partial charge in [0, 0.05) is 18.5 Å². The zero-order valence-electron chi connectivity index (χ0n) is 11.7. The lowest BCUT2D eigenvalue weighted by molar-refractivity contribution is -0.136. The molecule has 1 saturated heterocycles. The van der Waals surface area contributed by atoms with Crippen molar-refractivity contribution in [3.8, 4) is 0 Å². The Kier molecular flexibility index (Phi) is 3.81. The van der Waals surface area contributed by atoms with Crippen LogP contribution in [0.5, 0.6) is 0 Å². The van der Waals surface area contributed by atoms with Crippen LogP contribution in [0.4, 0.5) is 0 Å². The van der Waals surface area contributed by atoms with Crippen LogP contribution < -0.4 is 5.32 Å². The smallest absolute Gasteiger partial charge is 0.226 e. The van der Waals surface area contributed by atoms with Crippen molar-refractivity contribution in [1.82, 2.24) is 10.2 Å². The molecule has 2 saturated carbocycles. The number of amides is 1. The average molecular weight is 266 g/mol. The van der Waals surface area contributed by atoms with E-state index in [9.17, 15) is 9.90 Å². The molecule has 2 N–H and O–H groups in total. The van der Waals surface area contributed by atoms with Crippen molar-refractivity contribution in [1.29, 1.82) is 0 Å². The molecular formula is C15H26N2O2. The van der Waals surface area contributed by atoms with E-state index in [-0.39, 0.29) is 12.5 Å². The Morgan fingerprint density at radius 1 is 1.26 bits per heavy atom. The Morgan fingerprint density at radius 2 is 1.95 bits per heavy atom. The maximum Gasteiger partial charge on any atom is 0.226 e. The summed E-state index contributed by atoms with van der Waals surface area (Å²) >= 11 is 0. The summed E-state index contributed by atoms with van der Waals surface area (Å²) in [5.74, 6) is 0.588. The molecule has 4 nitrogen and oxygen atoms in total. The van der Waals surface area contributed by atoms with Gasteiger partial charge < -0.3 is 15.3 Å². The summed E-state index contributed by atoms with van der Waals surface area (Å²) in [6, 6.07) is 0.402. The summed E-state index contributed by atoms with van der Waals surface area (Å²) < 4.78 is 0. The largest absolute Gasteiger partial charge is 0.395 e. The molecule has 1 spiro atoms. The van der Waals surface area contributed by atoms with Crippen LogP contribution in [0.2, 0.25) is 0 Å². The van der Waals surface area contributed by atoms with Crippen LogP contribution in [0.1, 0.15) is 44.9 Å². The van der Waals surface area contributed by atoms with Gasteiger partial charge in [0.2, 0.25) is 5.91 Å². The fourth-order valence-corrected chi connectivity index (χ4v) is 4.17. The predicted molar refractivity (Wildman–Crippen MR) is 73.7 cm³/mol. The number of nitrogens with zero attached hydrogens (tertiary/aromatic N) is 1. The fourth-order valence-electron chi connectivity index (χ4n) is 4.17. The highest BCUT2D eigenvalue weighted by atomic mass is 16.3. The van der Waals surface area contributed by atoms with E-state index in [1.165, 1.54) is 12.8 Å². The van der Waals surface area contributed by atoms with Gasteiger partial charge in [0.1, 0.15) is 0 Å². The highest BCUT2D eigenvalue weighted by molar-refractivity contribution is 5.83. The number of hydrogen-bond acceptors (Lipinski definition) is 3. The average Bonchev–Trinajstić information content (AvgIpc) is 2.90. The van der Waals surface area contributed by atoms with E-state index in [0.29, 0.717) is 23.9 Å². The van der Waals surface area contributed by atoms with Crippen molar-refractivity contribution in [2.75, 3.05) is 26.2 Å². The van der Waals surface area contributed by atoms with Gasteiger partial charge in [-0.1, -0.05) is 12.8 Å². The number of aliphatic hydroxyl groups excluding tert-OH is 1. The minimum atomic E-state index is 0.101. The van der Waals surface area contributed by atoms with Crippen LogP contribution in [-0.2, 0) is 4.79 Å². The molecule has 0 aromatic heterocycles. The standard InChI is InChI=1S/C15H26N2O2/c18-10-9-17(12-3-1-2-4-12)14(19)13-11-15(13)5-7-16-8-6-15/h12-13,16,18H,1-11H2. The molecule has 3 aliphatic rings. The number of hydrogen-bond donors (Lipinski definition) is 2. The van der Waals surface area contributed by atoms with Gasteiger partial charge in [0.25, 0.3) is 0 Å². The summed E-state index contributed by atoms with van der Waals surface area (Å²) in [5, 5.41) is 12.6. The Balaban J connectivity index is 1.64. The van der Waals surface area contributed by atoms with Gasteiger partial charge in [-0.2, -0.15) is 0 Å². The topological polar surface area (TPSA) is 52.6 Å². The van der Waals surface area contributed by atoms with Crippen LogP contribution in [0.15, 0.2) is 0 Å². The van der Waals surface area contributed by atoms with Crippen LogP contribution in [-0.4, -0.2) is 48.2 Å². The van der Waals surface area contributed by atoms with Gasteiger partial charge in [-0.25, -0.2) is 0 Å². The molecular weight excluding hydrogens is 240 g/mol. The Hall–Kier alpha value is -0.610. The van der Waals surface area contributed by atoms with Gasteiger partial charge in [-0.05, 0) is 50.6 Å². The first-order valence-electron chi connectivity index (χ1n) is 7.89. The maximum atomic E-state index is 12.8. The highest BCUT2D eigenvalue weighted by Gasteiger charge is 2.58. The first kappa shape index (κ1) is 13.4. The SMILES string of the molecule is O=C(C1CC12CCNCC2)N(CCO)C1CCCC1. The molecule has 0 bridgehead atoms. The lowest BCUT2D eigenvalue weighted by atomic mass is 9.91. The van der Waals surface area contributed by atoms with Gasteiger partial charge in [0.15, 0.2) is 0 Å². The lowest BCUT2D eigenvalue weighted by Gasteiger charge is -2.30. The molecule has 108 valence electrons. The minimum absolute atomic E-state index is 0.101. The van der Waals surface area contributed by atoms with Crippen molar-refractivity contribution in [3.63, 3.8) is 0 Å². The summed E-state index contributed by atoms with van der Waals surface area (Å²) in [4.78, 5) is 14.8. The number of nitrogens with one attached hydrogen (secondary N) is 1. The molecule has 0 aromatic carbocycles. The van der Waals surface area contributed by atoms with Crippen molar-refractivity contribution in [2.24, 2.45) is 11.3 Å². The van der Waals surface area contributed by atoms with E-state index in [1.54, 1.807) is 0 Å². The fraction of sp³-hybridized carbons (Fsp3) is 0.933. The number of aliphatic hydroxyl groups is 1. The van der Waals surface area contributed by atoms with Gasteiger partial charge in [0.05, 0.1) is 6.61 Å². The molecule has 2 aliphatic carbocycles. The van der Waals surface area contributed by atoms with Crippen molar-refractivity contribution in [3.05, 3.63) is 0 Å². The number of rotatable bonds is 4. The number of carbonyl (C=O) groups excluding carboxylic acids is 1. The third-order valence-electron chi connectivity index (χ3n) is 5.48. The Bertz CT molecular complexity index is 333. The summed E-state index contributed by atoms with van der Waals surface area (Å²) in [5.41, 5.74) is 0.314. The third-order valence-corrected chi connectivity index (χ3v) is 5.48. The van der Waals surface area contributed by atoms with Crippen molar-refractivity contribution in [2.45, 2.75) is 51.0 Å². The summed E-state index contributed by atoms with van der Waals surface area (Å²) in [6.45, 7) is 2.76. The quantitative estimate of drug-likeness (QED) is 0.802. The van der Waals surface area contributed by atoms with E-state index in [0.717, 1.165) is 45.2 Å². The Labute approximate surface area is 115 Å². The predicted octanol–water partition coefficient (Wildman–Crippen LogP) is 1.14. The van der Waals surface area contributed by atoms with Crippen molar-refractivity contribution < 1.29 is 9.90 Å². The monoisotopic (exact) mass is 266 g/mol. The molecule has 3 fully saturated rings. The van der Waals surface area contributed by atoms with Gasteiger partial charge >= 0.3 is 0 Å². The van der Waals surface area contributed by atoms with Gasteiger partial charge in [-0.15, -0.1) is 0 Å². The van der Waals surface area contributed by atoms with E-state index >= 15 is 0 Å². The summed E-state index contributed by atoms with van der Waals surface area (Å²) in [6.07, 6.45) is 8.13. The van der Waals surface area contributed by atoms with E-state index in [1.807, 2.05) is 4.90 Å². The molecule has 1 heterocycles. The molecule has 0 radical (unpaired) electrons. The minimum Gasteiger partial charge on any atom is -0.395 e. The zero-order chi connectivity index (χ0) is 13.3. The molecule has 1 atom stereocenters. The second-order valence-electron chi connectivity index (χ2n) is 6.56. The lowest BCUT2D eigenvalue weighted by Crippen LogP contribution is -2.43. The van der Waals surface area contributed by atoms with Crippen molar-refractivity contribution >= 4 is 5.91 Å². The van der Waals surface area contributed by atoms with E-state index in [4.69, 9.17) is 0 Å². The molecule has 1 amide bonds. The second kappa shape index (κ2) is 5.41. The van der Waals surface area contributed by atoms with E-state index in [2.05, 4.69) is 5.32 Å². The maximum absolute atomic E-state index is 12.8. The highest BCUT2D eigenvalue weighted by Crippen LogP contribution is 2.59.